The number of hydrogen-bond donors (Lipinski definition) is 2. The molecule has 1 aliphatic carbocycles. The number of imide groups is 1. The fourth-order valence-electron chi connectivity index (χ4n) is 3.63. The first-order chi connectivity index (χ1) is 13.3. The maximum Gasteiger partial charge on any atom is 0.326 e. The first-order valence-electron chi connectivity index (χ1n) is 9.43. The Hall–Kier alpha value is -2.42. The zero-order valence-corrected chi connectivity index (χ0v) is 16.8. The van der Waals surface area contributed by atoms with Gasteiger partial charge in [0.05, 0.1) is 6.04 Å². The molecule has 1 spiro atoms. The Morgan fingerprint density at radius 1 is 1.39 bits per heavy atom. The van der Waals surface area contributed by atoms with Gasteiger partial charge in [-0.3, -0.25) is 19.3 Å². The lowest BCUT2D eigenvalue weighted by Crippen LogP contribution is -2.49. The maximum absolute atomic E-state index is 12.7. The number of carbonyl (C=O) groups excluding carboxylic acids is 4. The second kappa shape index (κ2) is 8.30. The van der Waals surface area contributed by atoms with Crippen LogP contribution in [-0.2, 0) is 19.1 Å². The highest BCUT2D eigenvalue weighted by atomic mass is 32.1. The van der Waals surface area contributed by atoms with Crippen LogP contribution >= 0.6 is 11.3 Å². The molecule has 2 fully saturated rings. The zero-order chi connectivity index (χ0) is 20.3. The molecule has 1 aromatic rings. The highest BCUT2D eigenvalue weighted by Crippen LogP contribution is 2.36. The van der Waals surface area contributed by atoms with Crippen molar-refractivity contribution in [1.82, 2.24) is 15.5 Å². The molecule has 8 nitrogen and oxygen atoms in total. The van der Waals surface area contributed by atoms with Crippen LogP contribution < -0.4 is 10.6 Å². The Morgan fingerprint density at radius 3 is 2.75 bits per heavy atom. The monoisotopic (exact) mass is 407 g/mol. The van der Waals surface area contributed by atoms with E-state index in [0.717, 1.165) is 22.6 Å². The summed E-state index contributed by atoms with van der Waals surface area (Å²) < 4.78 is 4.95. The number of carbonyl (C=O) groups is 4. The number of hydrogen-bond acceptors (Lipinski definition) is 6. The van der Waals surface area contributed by atoms with Gasteiger partial charge in [-0.15, -0.1) is 11.3 Å². The summed E-state index contributed by atoms with van der Waals surface area (Å²) in [5.41, 5.74) is -0.891. The lowest BCUT2D eigenvalue weighted by Gasteiger charge is -2.33. The second-order valence-electron chi connectivity index (χ2n) is 7.55. The number of nitrogens with zero attached hydrogens (tertiary/aromatic N) is 1. The van der Waals surface area contributed by atoms with Crippen LogP contribution in [0.2, 0.25) is 0 Å². The lowest BCUT2D eigenvalue weighted by atomic mass is 9.77. The minimum absolute atomic E-state index is 0.189. The van der Waals surface area contributed by atoms with Crippen molar-refractivity contribution in [2.45, 2.75) is 51.1 Å². The number of thiophene rings is 1. The van der Waals surface area contributed by atoms with E-state index in [4.69, 9.17) is 4.74 Å². The van der Waals surface area contributed by atoms with Gasteiger partial charge in [-0.1, -0.05) is 13.0 Å². The molecule has 0 radical (unpaired) electrons. The quantitative estimate of drug-likeness (QED) is 0.554. The van der Waals surface area contributed by atoms with Crippen LogP contribution in [0.15, 0.2) is 17.5 Å². The largest absolute Gasteiger partial charge is 0.454 e. The van der Waals surface area contributed by atoms with Crippen molar-refractivity contribution in [2.75, 3.05) is 13.2 Å². The molecule has 28 heavy (non-hydrogen) atoms. The number of urea groups is 1. The molecular formula is C19H25N3O5S. The fourth-order valence-corrected chi connectivity index (χ4v) is 4.36. The van der Waals surface area contributed by atoms with E-state index in [2.05, 4.69) is 17.6 Å². The summed E-state index contributed by atoms with van der Waals surface area (Å²) >= 11 is 1.52. The molecule has 1 atom stereocenters. The normalized spacial score (nSPS) is 25.5. The van der Waals surface area contributed by atoms with Gasteiger partial charge >= 0.3 is 12.0 Å². The Kier molecular flexibility index (Phi) is 6.02. The summed E-state index contributed by atoms with van der Waals surface area (Å²) in [4.78, 5) is 50.8. The third kappa shape index (κ3) is 4.35. The Balaban J connectivity index is 1.47. The first-order valence-corrected chi connectivity index (χ1v) is 10.3. The van der Waals surface area contributed by atoms with Crippen LogP contribution in [-0.4, -0.2) is 47.4 Å². The number of amides is 4. The molecule has 2 aliphatic rings. The van der Waals surface area contributed by atoms with E-state index < -0.39 is 36.6 Å². The molecule has 1 saturated carbocycles. The summed E-state index contributed by atoms with van der Waals surface area (Å²) in [7, 11) is 0. The van der Waals surface area contributed by atoms with Crippen LogP contribution in [0.25, 0.3) is 0 Å². The summed E-state index contributed by atoms with van der Waals surface area (Å²) in [6.07, 6.45) is 2.86. The van der Waals surface area contributed by atoms with Gasteiger partial charge in [0.25, 0.3) is 11.8 Å². The van der Waals surface area contributed by atoms with Crippen molar-refractivity contribution >= 4 is 35.2 Å². The molecular weight excluding hydrogens is 382 g/mol. The van der Waals surface area contributed by atoms with Crippen LogP contribution in [0.3, 0.4) is 0 Å². The summed E-state index contributed by atoms with van der Waals surface area (Å²) in [5, 5.41) is 7.40. The molecule has 0 unspecified atom stereocenters. The van der Waals surface area contributed by atoms with Gasteiger partial charge in [0.1, 0.15) is 12.1 Å². The maximum atomic E-state index is 12.7. The van der Waals surface area contributed by atoms with E-state index in [0.29, 0.717) is 18.8 Å². The minimum Gasteiger partial charge on any atom is -0.454 e. The number of esters is 1. The van der Waals surface area contributed by atoms with E-state index in [1.54, 1.807) is 0 Å². The van der Waals surface area contributed by atoms with Gasteiger partial charge in [0.15, 0.2) is 6.61 Å². The molecule has 9 heteroatoms. The van der Waals surface area contributed by atoms with E-state index in [-0.39, 0.29) is 11.9 Å². The zero-order valence-electron chi connectivity index (χ0n) is 16.0. The average molecular weight is 407 g/mol. The van der Waals surface area contributed by atoms with Gasteiger partial charge in [-0.05, 0) is 50.0 Å². The average Bonchev–Trinajstić information content (AvgIpc) is 3.27. The molecule has 2 heterocycles. The SMILES string of the molecule is CC1CCC2(CC1)NC(=O)N(CC(=O)OCC(=O)N[C@@H](C)c1cccs1)C2=O. The van der Waals surface area contributed by atoms with Crippen LogP contribution in [0.4, 0.5) is 4.79 Å². The fraction of sp³-hybridized carbons (Fsp3) is 0.579. The smallest absolute Gasteiger partial charge is 0.326 e. The van der Waals surface area contributed by atoms with Crippen molar-refractivity contribution in [3.63, 3.8) is 0 Å². The molecule has 4 amide bonds. The predicted octanol–water partition coefficient (Wildman–Crippen LogP) is 1.97. The molecule has 0 aromatic carbocycles. The second-order valence-corrected chi connectivity index (χ2v) is 8.53. The molecule has 1 aromatic heterocycles. The molecule has 2 N–H and O–H groups in total. The third-order valence-corrected chi connectivity index (χ3v) is 6.43. The minimum atomic E-state index is -0.891. The first kappa shape index (κ1) is 20.3. The molecule has 0 bridgehead atoms. The standard InChI is InChI=1S/C19H25N3O5S/c1-12-5-7-19(8-6-12)17(25)22(18(26)21-19)10-16(24)27-11-15(23)20-13(2)14-4-3-9-28-14/h3-4,9,12-13H,5-8,10-11H2,1-2H3,(H,20,23)(H,21,26)/t12?,13-,19?/m0/s1. The predicted molar refractivity (Wildman–Crippen MR) is 102 cm³/mol. The van der Waals surface area contributed by atoms with Crippen molar-refractivity contribution < 1.29 is 23.9 Å². The molecule has 1 aliphatic heterocycles. The van der Waals surface area contributed by atoms with Crippen molar-refractivity contribution in [3.05, 3.63) is 22.4 Å². The van der Waals surface area contributed by atoms with Gasteiger partial charge in [-0.25, -0.2) is 4.79 Å². The Bertz CT molecular complexity index is 756. The highest BCUT2D eigenvalue weighted by molar-refractivity contribution is 7.10. The Labute approximate surface area is 167 Å². The number of rotatable bonds is 6. The summed E-state index contributed by atoms with van der Waals surface area (Å²) in [6, 6.07) is 3.03. The Morgan fingerprint density at radius 2 is 2.11 bits per heavy atom. The number of ether oxygens (including phenoxy) is 1. The van der Waals surface area contributed by atoms with Crippen LogP contribution in [0.1, 0.15) is 50.4 Å². The van der Waals surface area contributed by atoms with Gasteiger partial charge in [0, 0.05) is 4.88 Å². The van der Waals surface area contributed by atoms with E-state index in [1.807, 2.05) is 24.4 Å². The van der Waals surface area contributed by atoms with Gasteiger partial charge < -0.3 is 15.4 Å². The van der Waals surface area contributed by atoms with E-state index >= 15 is 0 Å². The molecule has 152 valence electrons. The molecule has 1 saturated heterocycles. The van der Waals surface area contributed by atoms with Crippen LogP contribution in [0.5, 0.6) is 0 Å². The topological polar surface area (TPSA) is 105 Å². The van der Waals surface area contributed by atoms with Crippen LogP contribution in [0, 0.1) is 5.92 Å². The lowest BCUT2D eigenvalue weighted by molar-refractivity contribution is -0.151. The number of nitrogens with one attached hydrogen (secondary N) is 2. The highest BCUT2D eigenvalue weighted by Gasteiger charge is 2.52. The van der Waals surface area contributed by atoms with Crippen molar-refractivity contribution in [3.8, 4) is 0 Å². The van der Waals surface area contributed by atoms with Gasteiger partial charge in [0.2, 0.25) is 0 Å². The summed E-state index contributed by atoms with van der Waals surface area (Å²) in [6.45, 7) is 3.01. The van der Waals surface area contributed by atoms with Gasteiger partial charge in [-0.2, -0.15) is 0 Å². The summed E-state index contributed by atoms with van der Waals surface area (Å²) in [5.74, 6) is -1.09. The molecule has 3 rings (SSSR count). The van der Waals surface area contributed by atoms with Crippen molar-refractivity contribution in [1.29, 1.82) is 0 Å². The third-order valence-electron chi connectivity index (χ3n) is 5.37. The van der Waals surface area contributed by atoms with Crippen molar-refractivity contribution in [2.24, 2.45) is 5.92 Å². The van der Waals surface area contributed by atoms with E-state index in [9.17, 15) is 19.2 Å². The van der Waals surface area contributed by atoms with E-state index in [1.165, 1.54) is 11.3 Å².